The summed E-state index contributed by atoms with van der Waals surface area (Å²) in [6.07, 6.45) is 7.51. The highest BCUT2D eigenvalue weighted by molar-refractivity contribution is 7.90. The number of amides is 2. The fourth-order valence-electron chi connectivity index (χ4n) is 3.07. The number of hydrogen-bond donors (Lipinski definition) is 1. The smallest absolute Gasteiger partial charge is 0.317 e. The van der Waals surface area contributed by atoms with Crippen molar-refractivity contribution in [2.45, 2.75) is 32.7 Å². The molecule has 1 fully saturated rings. The molecule has 2 amide bonds. The van der Waals surface area contributed by atoms with Gasteiger partial charge < -0.3 is 14.8 Å². The van der Waals surface area contributed by atoms with E-state index in [2.05, 4.69) is 10.3 Å². The van der Waals surface area contributed by atoms with Crippen LogP contribution >= 0.6 is 0 Å². The van der Waals surface area contributed by atoms with Crippen LogP contribution in [0, 0.1) is 5.92 Å². The first-order valence-corrected chi connectivity index (χ1v) is 10.2. The lowest BCUT2D eigenvalue weighted by Crippen LogP contribution is -2.47. The van der Waals surface area contributed by atoms with Gasteiger partial charge in [0.05, 0.1) is 5.75 Å². The Kier molecular flexibility index (Phi) is 6.04. The van der Waals surface area contributed by atoms with E-state index >= 15 is 0 Å². The zero-order valence-corrected chi connectivity index (χ0v) is 14.7. The molecule has 0 bridgehead atoms. The second-order valence-electron chi connectivity index (χ2n) is 6.17. The minimum absolute atomic E-state index is 0.0462. The van der Waals surface area contributed by atoms with Crippen molar-refractivity contribution in [1.82, 2.24) is 19.8 Å². The Morgan fingerprint density at radius 2 is 2.26 bits per heavy atom. The number of hydrogen-bond acceptors (Lipinski definition) is 4. The molecule has 23 heavy (non-hydrogen) atoms. The summed E-state index contributed by atoms with van der Waals surface area (Å²) in [5.41, 5.74) is 0. The number of piperidine rings is 1. The van der Waals surface area contributed by atoms with E-state index in [1.165, 1.54) is 6.26 Å². The van der Waals surface area contributed by atoms with Gasteiger partial charge in [-0.3, -0.25) is 0 Å². The van der Waals surface area contributed by atoms with E-state index in [0.717, 1.165) is 25.1 Å². The first kappa shape index (κ1) is 17.8. The third-order valence-corrected chi connectivity index (χ3v) is 5.17. The highest BCUT2D eigenvalue weighted by Crippen LogP contribution is 2.18. The van der Waals surface area contributed by atoms with Crippen molar-refractivity contribution in [3.05, 3.63) is 18.2 Å². The Morgan fingerprint density at radius 3 is 2.96 bits per heavy atom. The predicted octanol–water partition coefficient (Wildman–Crippen LogP) is 0.912. The average molecular weight is 342 g/mol. The van der Waals surface area contributed by atoms with Crippen LogP contribution in [-0.4, -0.2) is 60.5 Å². The maximum absolute atomic E-state index is 12.2. The zero-order valence-electron chi connectivity index (χ0n) is 13.9. The first-order valence-electron chi connectivity index (χ1n) is 8.09. The van der Waals surface area contributed by atoms with Crippen LogP contribution < -0.4 is 5.32 Å². The third-order valence-electron chi connectivity index (χ3n) is 4.09. The molecule has 8 heteroatoms. The summed E-state index contributed by atoms with van der Waals surface area (Å²) < 4.78 is 24.9. The number of nitrogens with zero attached hydrogens (tertiary/aromatic N) is 3. The Labute approximate surface area is 138 Å². The maximum Gasteiger partial charge on any atom is 0.317 e. The normalized spacial score (nSPS) is 18.9. The van der Waals surface area contributed by atoms with E-state index < -0.39 is 9.84 Å². The van der Waals surface area contributed by atoms with E-state index in [1.807, 2.05) is 17.7 Å². The topological polar surface area (TPSA) is 84.3 Å². The van der Waals surface area contributed by atoms with Crippen LogP contribution in [-0.2, 0) is 22.8 Å². The molecule has 1 aliphatic heterocycles. The van der Waals surface area contributed by atoms with Crippen LogP contribution in [0.4, 0.5) is 4.79 Å². The van der Waals surface area contributed by atoms with Crippen LogP contribution in [0.25, 0.3) is 0 Å². The van der Waals surface area contributed by atoms with E-state index in [1.54, 1.807) is 11.1 Å². The second-order valence-corrected chi connectivity index (χ2v) is 8.35. The zero-order chi connectivity index (χ0) is 16.9. The summed E-state index contributed by atoms with van der Waals surface area (Å²) in [7, 11) is -3.00. The van der Waals surface area contributed by atoms with Gasteiger partial charge in [-0.2, -0.15) is 0 Å². The molecule has 2 rings (SSSR count). The van der Waals surface area contributed by atoms with Crippen molar-refractivity contribution >= 4 is 15.9 Å². The minimum atomic E-state index is -3.00. The van der Waals surface area contributed by atoms with Gasteiger partial charge in [0, 0.05) is 51.2 Å². The van der Waals surface area contributed by atoms with Crippen LogP contribution in [0.3, 0.4) is 0 Å². The highest BCUT2D eigenvalue weighted by Gasteiger charge is 2.25. The molecule has 2 heterocycles. The van der Waals surface area contributed by atoms with Crippen molar-refractivity contribution in [1.29, 1.82) is 0 Å². The molecular weight excluding hydrogens is 316 g/mol. The number of nitrogens with one attached hydrogen (secondary N) is 1. The minimum Gasteiger partial charge on any atom is -0.336 e. The van der Waals surface area contributed by atoms with Crippen molar-refractivity contribution < 1.29 is 13.2 Å². The molecule has 1 saturated heterocycles. The molecule has 1 atom stereocenters. The maximum atomic E-state index is 12.2. The van der Waals surface area contributed by atoms with Crippen LogP contribution in [0.5, 0.6) is 0 Å². The standard InChI is InChI=1S/C15H26N4O3S/c1-3-14-16-6-9-18(14)10-7-17-15(20)19-8-4-5-13(11-19)12-23(2,21)22/h6,9,13H,3-5,7-8,10-12H2,1-2H3,(H,17,20)/t13-/m1/s1. The molecule has 1 N–H and O–H groups in total. The van der Waals surface area contributed by atoms with Gasteiger partial charge >= 0.3 is 6.03 Å². The van der Waals surface area contributed by atoms with E-state index in [9.17, 15) is 13.2 Å². The number of aromatic nitrogens is 2. The number of imidazole rings is 1. The van der Waals surface area contributed by atoms with E-state index in [4.69, 9.17) is 0 Å². The van der Waals surface area contributed by atoms with Gasteiger partial charge in [-0.05, 0) is 18.8 Å². The third kappa shape index (κ3) is 5.53. The van der Waals surface area contributed by atoms with Gasteiger partial charge in [-0.15, -0.1) is 0 Å². The summed E-state index contributed by atoms with van der Waals surface area (Å²) in [5.74, 6) is 1.21. The van der Waals surface area contributed by atoms with Crippen LogP contribution in [0.2, 0.25) is 0 Å². The molecule has 0 aliphatic carbocycles. The van der Waals surface area contributed by atoms with Gasteiger partial charge in [0.1, 0.15) is 15.7 Å². The molecule has 130 valence electrons. The molecule has 1 aromatic heterocycles. The molecule has 0 spiro atoms. The fourth-order valence-corrected chi connectivity index (χ4v) is 4.20. The largest absolute Gasteiger partial charge is 0.336 e. The fraction of sp³-hybridized carbons (Fsp3) is 0.733. The molecule has 1 aliphatic rings. The molecular formula is C15H26N4O3S. The highest BCUT2D eigenvalue weighted by atomic mass is 32.2. The monoisotopic (exact) mass is 342 g/mol. The molecule has 0 unspecified atom stereocenters. The van der Waals surface area contributed by atoms with Crippen LogP contribution in [0.15, 0.2) is 12.4 Å². The number of aryl methyl sites for hydroxylation is 1. The van der Waals surface area contributed by atoms with Crippen molar-refractivity contribution in [2.75, 3.05) is 31.6 Å². The van der Waals surface area contributed by atoms with Crippen molar-refractivity contribution in [3.63, 3.8) is 0 Å². The Bertz CT molecular complexity index is 626. The van der Waals surface area contributed by atoms with Crippen molar-refractivity contribution in [2.24, 2.45) is 5.92 Å². The quantitative estimate of drug-likeness (QED) is 0.833. The summed E-state index contributed by atoms with van der Waals surface area (Å²) in [6.45, 7) is 4.49. The summed E-state index contributed by atoms with van der Waals surface area (Å²) >= 11 is 0. The van der Waals surface area contributed by atoms with Gasteiger partial charge in [-0.25, -0.2) is 18.2 Å². The van der Waals surface area contributed by atoms with Crippen molar-refractivity contribution in [3.8, 4) is 0 Å². The molecule has 0 radical (unpaired) electrons. The summed E-state index contributed by atoms with van der Waals surface area (Å²) in [5, 5.41) is 2.91. The lowest BCUT2D eigenvalue weighted by atomic mass is 10.0. The average Bonchev–Trinajstić information content (AvgIpc) is 2.93. The summed E-state index contributed by atoms with van der Waals surface area (Å²) in [6, 6.07) is -0.110. The molecule has 0 aromatic carbocycles. The van der Waals surface area contributed by atoms with Gasteiger partial charge in [-0.1, -0.05) is 6.92 Å². The summed E-state index contributed by atoms with van der Waals surface area (Å²) in [4.78, 5) is 18.2. The number of carbonyl (C=O) groups is 1. The van der Waals surface area contributed by atoms with E-state index in [0.29, 0.717) is 26.2 Å². The van der Waals surface area contributed by atoms with Gasteiger partial charge in [0.2, 0.25) is 0 Å². The lowest BCUT2D eigenvalue weighted by Gasteiger charge is -2.32. The Balaban J connectivity index is 1.79. The predicted molar refractivity (Wildman–Crippen MR) is 89.0 cm³/mol. The number of sulfone groups is 1. The lowest BCUT2D eigenvalue weighted by molar-refractivity contribution is 0.170. The number of rotatable bonds is 6. The Morgan fingerprint density at radius 1 is 1.48 bits per heavy atom. The van der Waals surface area contributed by atoms with Gasteiger partial charge in [0.15, 0.2) is 0 Å². The van der Waals surface area contributed by atoms with Crippen LogP contribution in [0.1, 0.15) is 25.6 Å². The first-order chi connectivity index (χ1) is 10.9. The Hall–Kier alpha value is -1.57. The molecule has 1 aromatic rings. The van der Waals surface area contributed by atoms with Gasteiger partial charge in [0.25, 0.3) is 0 Å². The number of urea groups is 1. The molecule has 0 saturated carbocycles. The number of likely N-dealkylation sites (tertiary alicyclic amines) is 1. The molecule has 7 nitrogen and oxygen atoms in total. The SMILES string of the molecule is CCc1nccn1CCNC(=O)N1CCC[C@@H](CS(C)(=O)=O)C1. The van der Waals surface area contributed by atoms with E-state index in [-0.39, 0.29) is 17.7 Å². The number of carbonyl (C=O) groups excluding carboxylic acids is 1. The second kappa shape index (κ2) is 7.81.